The molecule has 8 heteroatoms. The Balaban J connectivity index is 1.45. The number of piperazine rings is 1. The van der Waals surface area contributed by atoms with Crippen LogP contribution in [0.3, 0.4) is 0 Å². The SMILES string of the molecule is CCOC(=O)[C@@H]1CN(Cc2ccco2)C[C@H]2CN(C(=O)C3CC(O)C3)CCN2C1. The van der Waals surface area contributed by atoms with E-state index in [1.54, 1.807) is 6.26 Å². The van der Waals surface area contributed by atoms with E-state index in [0.717, 1.165) is 18.8 Å². The van der Waals surface area contributed by atoms with Crippen LogP contribution in [0.5, 0.6) is 0 Å². The smallest absolute Gasteiger partial charge is 0.311 e. The fraction of sp³-hybridized carbons (Fsp3) is 0.714. The Morgan fingerprint density at radius 3 is 2.69 bits per heavy atom. The molecule has 2 aliphatic heterocycles. The molecule has 2 atom stereocenters. The van der Waals surface area contributed by atoms with Gasteiger partial charge in [0.25, 0.3) is 0 Å². The summed E-state index contributed by atoms with van der Waals surface area (Å²) in [5.41, 5.74) is 0. The van der Waals surface area contributed by atoms with Crippen LogP contribution in [0, 0.1) is 11.8 Å². The number of furan rings is 1. The predicted octanol–water partition coefficient (Wildman–Crippen LogP) is 0.558. The lowest BCUT2D eigenvalue weighted by molar-refractivity contribution is -0.150. The van der Waals surface area contributed by atoms with Crippen LogP contribution in [-0.4, -0.2) is 89.7 Å². The summed E-state index contributed by atoms with van der Waals surface area (Å²) in [6, 6.07) is 3.99. The first-order valence-electron chi connectivity index (χ1n) is 10.7. The number of fused-ring (bicyclic) bond motifs is 1. The molecule has 1 saturated carbocycles. The first kappa shape index (κ1) is 20.4. The van der Waals surface area contributed by atoms with Gasteiger partial charge in [0.1, 0.15) is 5.76 Å². The second-order valence-electron chi connectivity index (χ2n) is 8.48. The fourth-order valence-electron chi connectivity index (χ4n) is 4.74. The lowest BCUT2D eigenvalue weighted by Crippen LogP contribution is -2.59. The Hall–Kier alpha value is -1.90. The summed E-state index contributed by atoms with van der Waals surface area (Å²) in [5, 5.41) is 9.53. The number of carbonyl (C=O) groups excluding carboxylic acids is 2. The van der Waals surface area contributed by atoms with Crippen LogP contribution >= 0.6 is 0 Å². The minimum atomic E-state index is -0.322. The van der Waals surface area contributed by atoms with Crippen LogP contribution in [0.1, 0.15) is 25.5 Å². The van der Waals surface area contributed by atoms with Gasteiger partial charge in [0.05, 0.1) is 31.4 Å². The number of aliphatic hydroxyl groups is 1. The zero-order valence-corrected chi connectivity index (χ0v) is 17.0. The Morgan fingerprint density at radius 1 is 1.17 bits per heavy atom. The van der Waals surface area contributed by atoms with Gasteiger partial charge in [-0.05, 0) is 31.9 Å². The van der Waals surface area contributed by atoms with Crippen molar-refractivity contribution in [1.29, 1.82) is 0 Å². The van der Waals surface area contributed by atoms with E-state index in [1.807, 2.05) is 24.0 Å². The number of carbonyl (C=O) groups is 2. The molecule has 0 aromatic carbocycles. The monoisotopic (exact) mass is 405 g/mol. The Labute approximate surface area is 171 Å². The first-order chi connectivity index (χ1) is 14.0. The molecule has 160 valence electrons. The maximum Gasteiger partial charge on any atom is 0.311 e. The minimum absolute atomic E-state index is 0.0335. The molecule has 0 bridgehead atoms. The van der Waals surface area contributed by atoms with Gasteiger partial charge >= 0.3 is 5.97 Å². The quantitative estimate of drug-likeness (QED) is 0.716. The van der Waals surface area contributed by atoms with Gasteiger partial charge in [0.2, 0.25) is 5.91 Å². The number of amides is 1. The Kier molecular flexibility index (Phi) is 6.22. The van der Waals surface area contributed by atoms with Crippen LogP contribution in [-0.2, 0) is 20.9 Å². The second-order valence-corrected chi connectivity index (χ2v) is 8.48. The standard InChI is InChI=1S/C21H31N3O5/c1-2-28-21(27)16-10-22(14-19-4-3-7-29-19)12-17-13-24(6-5-23(17)11-16)20(26)15-8-18(25)9-15/h3-4,7,15-18,25H,2,5-6,8-14H2,1H3/t15?,16-,17+,18?/m1/s1. The Bertz CT molecular complexity index is 703. The van der Waals surface area contributed by atoms with Gasteiger partial charge in [-0.2, -0.15) is 0 Å². The number of esters is 1. The minimum Gasteiger partial charge on any atom is -0.468 e. The van der Waals surface area contributed by atoms with Crippen LogP contribution in [0.15, 0.2) is 22.8 Å². The molecule has 4 rings (SSSR count). The molecule has 29 heavy (non-hydrogen) atoms. The fourth-order valence-corrected chi connectivity index (χ4v) is 4.74. The third-order valence-electron chi connectivity index (χ3n) is 6.36. The molecule has 1 N–H and O–H groups in total. The summed E-state index contributed by atoms with van der Waals surface area (Å²) in [4.78, 5) is 31.8. The van der Waals surface area contributed by atoms with E-state index < -0.39 is 0 Å². The molecule has 8 nitrogen and oxygen atoms in total. The van der Waals surface area contributed by atoms with Crippen molar-refractivity contribution in [3.8, 4) is 0 Å². The number of aliphatic hydroxyl groups excluding tert-OH is 1. The van der Waals surface area contributed by atoms with Crippen molar-refractivity contribution < 1.29 is 23.8 Å². The van der Waals surface area contributed by atoms with Crippen molar-refractivity contribution in [2.24, 2.45) is 11.8 Å². The van der Waals surface area contributed by atoms with Gasteiger partial charge in [0.15, 0.2) is 0 Å². The van der Waals surface area contributed by atoms with E-state index in [2.05, 4.69) is 9.80 Å². The molecule has 3 fully saturated rings. The molecule has 3 heterocycles. The maximum absolute atomic E-state index is 12.8. The molecular formula is C21H31N3O5. The molecule has 3 aliphatic rings. The van der Waals surface area contributed by atoms with E-state index in [1.165, 1.54) is 0 Å². The van der Waals surface area contributed by atoms with E-state index in [4.69, 9.17) is 9.15 Å². The second kappa shape index (κ2) is 8.85. The summed E-state index contributed by atoms with van der Waals surface area (Å²) in [6.45, 7) is 7.00. The number of hydrogen-bond donors (Lipinski definition) is 1. The summed E-state index contributed by atoms with van der Waals surface area (Å²) in [5.74, 6) is 0.638. The van der Waals surface area contributed by atoms with Crippen molar-refractivity contribution in [3.05, 3.63) is 24.2 Å². The predicted molar refractivity (Wildman–Crippen MR) is 105 cm³/mol. The number of hydrogen-bond acceptors (Lipinski definition) is 7. The highest BCUT2D eigenvalue weighted by atomic mass is 16.5. The molecule has 0 radical (unpaired) electrons. The van der Waals surface area contributed by atoms with E-state index in [0.29, 0.717) is 52.2 Å². The van der Waals surface area contributed by atoms with E-state index in [9.17, 15) is 14.7 Å². The highest BCUT2D eigenvalue weighted by Gasteiger charge is 2.41. The molecule has 1 aliphatic carbocycles. The van der Waals surface area contributed by atoms with Crippen molar-refractivity contribution in [2.45, 2.75) is 38.5 Å². The highest BCUT2D eigenvalue weighted by Crippen LogP contribution is 2.30. The van der Waals surface area contributed by atoms with Crippen molar-refractivity contribution in [2.75, 3.05) is 45.9 Å². The molecule has 1 aromatic rings. The lowest BCUT2D eigenvalue weighted by atomic mass is 9.81. The van der Waals surface area contributed by atoms with E-state index >= 15 is 0 Å². The van der Waals surface area contributed by atoms with Gasteiger partial charge in [-0.3, -0.25) is 19.4 Å². The van der Waals surface area contributed by atoms with Gasteiger partial charge in [-0.1, -0.05) is 0 Å². The third kappa shape index (κ3) is 4.65. The van der Waals surface area contributed by atoms with Gasteiger partial charge in [-0.15, -0.1) is 0 Å². The normalized spacial score (nSPS) is 30.9. The van der Waals surface area contributed by atoms with Gasteiger partial charge in [0, 0.05) is 51.2 Å². The number of rotatable bonds is 5. The van der Waals surface area contributed by atoms with Crippen LogP contribution in [0.25, 0.3) is 0 Å². The molecule has 1 aromatic heterocycles. The summed E-state index contributed by atoms with van der Waals surface area (Å²) >= 11 is 0. The van der Waals surface area contributed by atoms with Crippen molar-refractivity contribution in [3.63, 3.8) is 0 Å². The molecule has 0 spiro atoms. The third-order valence-corrected chi connectivity index (χ3v) is 6.36. The van der Waals surface area contributed by atoms with Gasteiger partial charge < -0.3 is 19.2 Å². The number of nitrogens with zero attached hydrogens (tertiary/aromatic N) is 3. The molecule has 1 amide bonds. The molecular weight excluding hydrogens is 374 g/mol. The van der Waals surface area contributed by atoms with E-state index in [-0.39, 0.29) is 35.9 Å². The first-order valence-corrected chi connectivity index (χ1v) is 10.7. The van der Waals surface area contributed by atoms with Crippen molar-refractivity contribution in [1.82, 2.24) is 14.7 Å². The zero-order chi connectivity index (χ0) is 20.4. The largest absolute Gasteiger partial charge is 0.468 e. The Morgan fingerprint density at radius 2 is 2.00 bits per heavy atom. The number of ether oxygens (including phenoxy) is 1. The summed E-state index contributed by atoms with van der Waals surface area (Å²) < 4.78 is 10.8. The summed E-state index contributed by atoms with van der Waals surface area (Å²) in [7, 11) is 0. The molecule has 2 saturated heterocycles. The maximum atomic E-state index is 12.8. The van der Waals surface area contributed by atoms with Gasteiger partial charge in [-0.25, -0.2) is 0 Å². The topological polar surface area (TPSA) is 86.5 Å². The molecule has 0 unspecified atom stereocenters. The zero-order valence-electron chi connectivity index (χ0n) is 17.0. The van der Waals surface area contributed by atoms with Crippen LogP contribution in [0.4, 0.5) is 0 Å². The summed E-state index contributed by atoms with van der Waals surface area (Å²) in [6.07, 6.45) is 2.51. The lowest BCUT2D eigenvalue weighted by Gasteiger charge is -2.44. The van der Waals surface area contributed by atoms with Crippen LogP contribution in [0.2, 0.25) is 0 Å². The van der Waals surface area contributed by atoms with Crippen molar-refractivity contribution >= 4 is 11.9 Å². The highest BCUT2D eigenvalue weighted by molar-refractivity contribution is 5.80. The van der Waals surface area contributed by atoms with Crippen LogP contribution < -0.4 is 0 Å². The average Bonchev–Trinajstić information content (AvgIpc) is 3.11. The average molecular weight is 405 g/mol.